The van der Waals surface area contributed by atoms with Crippen LogP contribution in [0.15, 0.2) is 83.7 Å². The molecular formula is C25H18N2O3S. The predicted molar refractivity (Wildman–Crippen MR) is 124 cm³/mol. The summed E-state index contributed by atoms with van der Waals surface area (Å²) in [5.74, 6) is 0.417. The van der Waals surface area contributed by atoms with Crippen LogP contribution in [0.25, 0.3) is 33.6 Å². The van der Waals surface area contributed by atoms with Crippen LogP contribution in [-0.2, 0) is 0 Å². The van der Waals surface area contributed by atoms with Crippen molar-refractivity contribution >= 4 is 22.4 Å². The molecular weight excluding hydrogens is 408 g/mol. The summed E-state index contributed by atoms with van der Waals surface area (Å²) in [7, 11) is 1.49. The first-order valence-electron chi connectivity index (χ1n) is 9.70. The molecule has 0 saturated heterocycles. The summed E-state index contributed by atoms with van der Waals surface area (Å²) in [6.45, 7) is 0. The maximum atomic E-state index is 13.4. The van der Waals surface area contributed by atoms with Crippen LogP contribution in [0.5, 0.6) is 11.5 Å². The van der Waals surface area contributed by atoms with Crippen molar-refractivity contribution in [3.63, 3.8) is 0 Å². The molecule has 0 radical (unpaired) electrons. The first-order valence-corrected chi connectivity index (χ1v) is 10.5. The number of hydrogen-bond acceptors (Lipinski definition) is 5. The van der Waals surface area contributed by atoms with Gasteiger partial charge in [-0.05, 0) is 23.8 Å². The van der Waals surface area contributed by atoms with Gasteiger partial charge in [-0.15, -0.1) is 0 Å². The number of ether oxygens (including phenoxy) is 1. The molecule has 0 saturated carbocycles. The fourth-order valence-electron chi connectivity index (χ4n) is 3.59. The van der Waals surface area contributed by atoms with E-state index in [1.807, 2.05) is 60.7 Å². The lowest BCUT2D eigenvalue weighted by atomic mass is 10.1. The van der Waals surface area contributed by atoms with Crippen molar-refractivity contribution in [3.05, 3.63) is 99.3 Å². The lowest BCUT2D eigenvalue weighted by Gasteiger charge is -2.04. The summed E-state index contributed by atoms with van der Waals surface area (Å²) in [6, 6.07) is 24.7. The average molecular weight is 426 g/mol. The Balaban J connectivity index is 1.76. The van der Waals surface area contributed by atoms with Gasteiger partial charge in [0.05, 0.1) is 23.0 Å². The number of nitrogens with zero attached hydrogens (tertiary/aromatic N) is 2. The van der Waals surface area contributed by atoms with Gasteiger partial charge in [-0.2, -0.15) is 0 Å². The highest BCUT2D eigenvalue weighted by Gasteiger charge is 2.19. The third kappa shape index (κ3) is 3.37. The molecule has 0 spiro atoms. The van der Waals surface area contributed by atoms with E-state index in [9.17, 15) is 9.90 Å². The van der Waals surface area contributed by atoms with Crippen LogP contribution >= 0.6 is 11.3 Å². The molecule has 152 valence electrons. The average Bonchev–Trinajstić information content (AvgIpc) is 3.33. The molecule has 0 amide bonds. The second-order valence-corrected chi connectivity index (χ2v) is 8.02. The van der Waals surface area contributed by atoms with Gasteiger partial charge in [0.25, 0.3) is 5.56 Å². The number of fused-ring (bicyclic) bond motifs is 1. The van der Waals surface area contributed by atoms with Crippen molar-refractivity contribution in [1.82, 2.24) is 9.38 Å². The standard InChI is InChI=1S/C25H18N2O3S/c1-30-20-14-16(12-13-19(20)28)15-21-24(29)27-23(18-10-6-3-7-11-18)22(26-25(27)31-21)17-8-4-2-5-9-17/h2-15,28H,1H3/b21-15-. The van der Waals surface area contributed by atoms with Crippen LogP contribution in [0.4, 0.5) is 0 Å². The Morgan fingerprint density at radius 2 is 1.65 bits per heavy atom. The smallest absolute Gasteiger partial charge is 0.274 e. The summed E-state index contributed by atoms with van der Waals surface area (Å²) >= 11 is 1.34. The molecule has 2 aromatic heterocycles. The molecule has 6 heteroatoms. The van der Waals surface area contributed by atoms with Crippen molar-refractivity contribution in [1.29, 1.82) is 0 Å². The third-order valence-electron chi connectivity index (χ3n) is 5.06. The van der Waals surface area contributed by atoms with E-state index in [2.05, 4.69) is 0 Å². The number of aromatic hydroxyl groups is 1. The number of phenolic OH excluding ortho intramolecular Hbond substituents is 1. The fraction of sp³-hybridized carbons (Fsp3) is 0.0400. The Hall–Kier alpha value is -3.90. The Kier molecular flexibility index (Phi) is 4.76. The molecule has 0 bridgehead atoms. The molecule has 0 unspecified atom stereocenters. The first-order chi connectivity index (χ1) is 15.2. The Bertz CT molecular complexity index is 1490. The highest BCUT2D eigenvalue weighted by Crippen LogP contribution is 2.32. The highest BCUT2D eigenvalue weighted by atomic mass is 32.1. The summed E-state index contributed by atoms with van der Waals surface area (Å²) in [4.78, 5) is 18.9. The van der Waals surface area contributed by atoms with Gasteiger partial charge in [-0.25, -0.2) is 9.38 Å². The number of hydrogen-bond donors (Lipinski definition) is 1. The first kappa shape index (κ1) is 19.1. The number of methoxy groups -OCH3 is 1. The second kappa shape index (κ2) is 7.74. The van der Waals surface area contributed by atoms with Gasteiger partial charge >= 0.3 is 0 Å². The van der Waals surface area contributed by atoms with Gasteiger partial charge in [0, 0.05) is 11.1 Å². The largest absolute Gasteiger partial charge is 0.504 e. The van der Waals surface area contributed by atoms with Crippen LogP contribution in [0, 0.1) is 0 Å². The van der Waals surface area contributed by atoms with E-state index in [0.717, 1.165) is 28.1 Å². The number of imidazole rings is 1. The van der Waals surface area contributed by atoms with Gasteiger partial charge in [-0.3, -0.25) is 4.79 Å². The summed E-state index contributed by atoms with van der Waals surface area (Å²) in [5.41, 5.74) is 4.10. The molecule has 0 fully saturated rings. The minimum Gasteiger partial charge on any atom is -0.504 e. The molecule has 5 rings (SSSR count). The molecule has 0 aliphatic carbocycles. The van der Waals surface area contributed by atoms with Gasteiger partial charge in [0.2, 0.25) is 0 Å². The normalized spacial score (nSPS) is 11.8. The second-order valence-electron chi connectivity index (χ2n) is 7.01. The summed E-state index contributed by atoms with van der Waals surface area (Å²) in [5, 5.41) is 9.83. The Morgan fingerprint density at radius 3 is 2.32 bits per heavy atom. The Morgan fingerprint density at radius 1 is 0.968 bits per heavy atom. The van der Waals surface area contributed by atoms with E-state index in [1.54, 1.807) is 28.7 Å². The van der Waals surface area contributed by atoms with Gasteiger partial charge in [-0.1, -0.05) is 78.1 Å². The van der Waals surface area contributed by atoms with Crippen LogP contribution in [0.3, 0.4) is 0 Å². The third-order valence-corrected chi connectivity index (χ3v) is 6.03. The van der Waals surface area contributed by atoms with Crippen molar-refractivity contribution in [2.45, 2.75) is 0 Å². The Labute approximate surface area is 182 Å². The van der Waals surface area contributed by atoms with E-state index in [-0.39, 0.29) is 11.3 Å². The van der Waals surface area contributed by atoms with Crippen molar-refractivity contribution in [2.75, 3.05) is 7.11 Å². The molecule has 0 aliphatic heterocycles. The van der Waals surface area contributed by atoms with Crippen LogP contribution in [-0.4, -0.2) is 21.6 Å². The molecule has 31 heavy (non-hydrogen) atoms. The van der Waals surface area contributed by atoms with Gasteiger partial charge in [0.1, 0.15) is 0 Å². The zero-order valence-corrected chi connectivity index (χ0v) is 17.5. The number of benzene rings is 3. The number of phenols is 1. The van der Waals surface area contributed by atoms with E-state index >= 15 is 0 Å². The predicted octanol–water partition coefficient (Wildman–Crippen LogP) is 4.35. The molecule has 3 aromatic carbocycles. The summed E-state index contributed by atoms with van der Waals surface area (Å²) in [6.07, 6.45) is 1.79. The molecule has 0 aliphatic rings. The molecule has 2 heterocycles. The summed E-state index contributed by atoms with van der Waals surface area (Å²) < 4.78 is 7.43. The maximum absolute atomic E-state index is 13.4. The van der Waals surface area contributed by atoms with E-state index < -0.39 is 0 Å². The lowest BCUT2D eigenvalue weighted by Crippen LogP contribution is -2.23. The lowest BCUT2D eigenvalue weighted by molar-refractivity contribution is 0.373. The molecule has 0 atom stereocenters. The highest BCUT2D eigenvalue weighted by molar-refractivity contribution is 7.15. The van der Waals surface area contributed by atoms with Crippen molar-refractivity contribution in [2.24, 2.45) is 0 Å². The number of thiazole rings is 1. The van der Waals surface area contributed by atoms with Crippen LogP contribution < -0.4 is 14.8 Å². The SMILES string of the molecule is COc1cc(/C=c2\sc3nc(-c4ccccc4)c(-c4ccccc4)n3c2=O)ccc1O. The number of aromatic nitrogens is 2. The minimum absolute atomic E-state index is 0.0573. The van der Waals surface area contributed by atoms with Crippen molar-refractivity contribution in [3.8, 4) is 34.0 Å². The van der Waals surface area contributed by atoms with E-state index in [4.69, 9.17) is 9.72 Å². The van der Waals surface area contributed by atoms with E-state index in [1.165, 1.54) is 18.4 Å². The van der Waals surface area contributed by atoms with Crippen LogP contribution in [0.2, 0.25) is 0 Å². The molecule has 1 N–H and O–H groups in total. The van der Waals surface area contributed by atoms with Crippen molar-refractivity contribution < 1.29 is 9.84 Å². The zero-order valence-electron chi connectivity index (χ0n) is 16.6. The molecule has 5 aromatic rings. The molecule has 5 nitrogen and oxygen atoms in total. The number of rotatable bonds is 4. The topological polar surface area (TPSA) is 63.8 Å². The van der Waals surface area contributed by atoms with E-state index in [0.29, 0.717) is 15.2 Å². The zero-order chi connectivity index (χ0) is 21.4. The van der Waals surface area contributed by atoms with Crippen LogP contribution in [0.1, 0.15) is 5.56 Å². The minimum atomic E-state index is -0.124. The monoisotopic (exact) mass is 426 g/mol. The van der Waals surface area contributed by atoms with Gasteiger partial charge in [0.15, 0.2) is 16.5 Å². The maximum Gasteiger partial charge on any atom is 0.274 e. The van der Waals surface area contributed by atoms with Gasteiger partial charge < -0.3 is 9.84 Å². The quantitative estimate of drug-likeness (QED) is 0.464. The fourth-order valence-corrected chi connectivity index (χ4v) is 4.57.